The number of hydrogen-bond donors (Lipinski definition) is 3. The number of halogens is 1. The van der Waals surface area contributed by atoms with Crippen molar-refractivity contribution in [1.82, 2.24) is 25.5 Å². The van der Waals surface area contributed by atoms with Gasteiger partial charge in [0.15, 0.2) is 5.65 Å². The predicted molar refractivity (Wildman–Crippen MR) is 132 cm³/mol. The second kappa shape index (κ2) is 9.56. The predicted octanol–water partition coefficient (Wildman–Crippen LogP) is 4.20. The van der Waals surface area contributed by atoms with Crippen LogP contribution in [-0.2, 0) is 0 Å². The summed E-state index contributed by atoms with van der Waals surface area (Å²) in [6, 6.07) is 12.6. The number of ether oxygens (including phenoxy) is 1. The molecule has 3 N–H and O–H groups in total. The zero-order valence-electron chi connectivity index (χ0n) is 18.5. The van der Waals surface area contributed by atoms with Crippen molar-refractivity contribution in [3.8, 4) is 5.75 Å². The molecule has 1 aliphatic rings. The molecule has 1 aromatic carbocycles. The highest BCUT2D eigenvalue weighted by molar-refractivity contribution is 6.30. The molecule has 2 amide bonds. The normalized spacial score (nSPS) is 18.0. The molecule has 0 radical (unpaired) electrons. The highest BCUT2D eigenvalue weighted by Crippen LogP contribution is 2.31. The molecule has 3 aromatic heterocycles. The Balaban J connectivity index is 1.36. The average molecular weight is 478 g/mol. The molecule has 4 heterocycles. The SMILES string of the molecule is COc1ccc([C@@H]2CN(c3cnc4[nH]ncc4c3)CC[C@H]2NC(=O)Nc2ccc(Cl)cc2)nc1. The Labute approximate surface area is 201 Å². The maximum Gasteiger partial charge on any atom is 0.319 e. The molecule has 0 aliphatic carbocycles. The Morgan fingerprint density at radius 2 is 2.00 bits per heavy atom. The molecule has 174 valence electrons. The monoisotopic (exact) mass is 477 g/mol. The van der Waals surface area contributed by atoms with Crippen LogP contribution in [0.2, 0.25) is 5.02 Å². The molecule has 4 aromatic rings. The van der Waals surface area contributed by atoms with Crippen LogP contribution in [0, 0.1) is 0 Å². The van der Waals surface area contributed by atoms with E-state index in [1.807, 2.05) is 18.3 Å². The number of fused-ring (bicyclic) bond motifs is 1. The summed E-state index contributed by atoms with van der Waals surface area (Å²) in [7, 11) is 1.61. The fourth-order valence-corrected chi connectivity index (χ4v) is 4.38. The number of pyridine rings is 2. The number of anilines is 2. The van der Waals surface area contributed by atoms with Gasteiger partial charge in [0, 0.05) is 46.8 Å². The van der Waals surface area contributed by atoms with E-state index in [0.29, 0.717) is 23.0 Å². The third kappa shape index (κ3) is 4.74. The summed E-state index contributed by atoms with van der Waals surface area (Å²) in [6.07, 6.45) is 6.07. The molecule has 1 aliphatic heterocycles. The van der Waals surface area contributed by atoms with E-state index in [4.69, 9.17) is 16.3 Å². The molecule has 9 nitrogen and oxygen atoms in total. The van der Waals surface area contributed by atoms with Gasteiger partial charge in [-0.25, -0.2) is 9.78 Å². The van der Waals surface area contributed by atoms with Gasteiger partial charge >= 0.3 is 6.03 Å². The van der Waals surface area contributed by atoms with E-state index in [1.54, 1.807) is 43.8 Å². The number of benzene rings is 1. The van der Waals surface area contributed by atoms with Crippen molar-refractivity contribution in [2.24, 2.45) is 0 Å². The minimum Gasteiger partial charge on any atom is -0.495 e. The fourth-order valence-electron chi connectivity index (χ4n) is 4.26. The van der Waals surface area contributed by atoms with Gasteiger partial charge in [0.05, 0.1) is 31.4 Å². The smallest absolute Gasteiger partial charge is 0.319 e. The second-order valence-corrected chi connectivity index (χ2v) is 8.61. The molecule has 2 atom stereocenters. The number of amides is 2. The van der Waals surface area contributed by atoms with Crippen molar-refractivity contribution in [1.29, 1.82) is 0 Å². The third-order valence-electron chi connectivity index (χ3n) is 6.05. The van der Waals surface area contributed by atoms with Gasteiger partial charge < -0.3 is 20.3 Å². The number of methoxy groups -OCH3 is 1. The van der Waals surface area contributed by atoms with Crippen LogP contribution in [0.4, 0.5) is 16.2 Å². The molecule has 0 bridgehead atoms. The number of aromatic nitrogens is 4. The number of rotatable bonds is 5. The molecule has 0 saturated carbocycles. The lowest BCUT2D eigenvalue weighted by atomic mass is 9.88. The highest BCUT2D eigenvalue weighted by Gasteiger charge is 2.33. The highest BCUT2D eigenvalue weighted by atomic mass is 35.5. The van der Waals surface area contributed by atoms with Crippen LogP contribution in [0.15, 0.2) is 61.1 Å². The Bertz CT molecular complexity index is 1280. The summed E-state index contributed by atoms with van der Waals surface area (Å²) in [6.45, 7) is 1.44. The summed E-state index contributed by atoms with van der Waals surface area (Å²) < 4.78 is 5.27. The van der Waals surface area contributed by atoms with Crippen molar-refractivity contribution < 1.29 is 9.53 Å². The number of urea groups is 1. The number of carbonyl (C=O) groups is 1. The van der Waals surface area contributed by atoms with Crippen LogP contribution < -0.4 is 20.3 Å². The molecule has 0 spiro atoms. The van der Waals surface area contributed by atoms with E-state index in [9.17, 15) is 4.79 Å². The lowest BCUT2D eigenvalue weighted by Gasteiger charge is -2.39. The van der Waals surface area contributed by atoms with E-state index in [0.717, 1.165) is 35.4 Å². The van der Waals surface area contributed by atoms with Crippen molar-refractivity contribution >= 4 is 40.0 Å². The van der Waals surface area contributed by atoms with Crippen molar-refractivity contribution in [3.63, 3.8) is 0 Å². The van der Waals surface area contributed by atoms with Crippen LogP contribution in [0.25, 0.3) is 11.0 Å². The molecular formula is C24H24ClN7O2. The summed E-state index contributed by atoms with van der Waals surface area (Å²) >= 11 is 5.94. The number of H-pyrrole nitrogens is 1. The molecule has 5 rings (SSSR count). The van der Waals surface area contributed by atoms with Crippen LogP contribution in [0.5, 0.6) is 5.75 Å². The Hall–Kier alpha value is -3.85. The van der Waals surface area contributed by atoms with Gasteiger partial charge in [-0.1, -0.05) is 11.6 Å². The van der Waals surface area contributed by atoms with Crippen LogP contribution in [0.1, 0.15) is 18.0 Å². The molecule has 1 fully saturated rings. The molecule has 1 saturated heterocycles. The number of carbonyl (C=O) groups excluding carboxylic acids is 1. The molecular weight excluding hydrogens is 454 g/mol. The van der Waals surface area contributed by atoms with Gasteiger partial charge in [0.2, 0.25) is 0 Å². The van der Waals surface area contributed by atoms with Crippen LogP contribution in [0.3, 0.4) is 0 Å². The zero-order chi connectivity index (χ0) is 23.5. The topological polar surface area (TPSA) is 108 Å². The lowest BCUT2D eigenvalue weighted by Crippen LogP contribution is -2.51. The van der Waals surface area contributed by atoms with E-state index in [2.05, 4.69) is 41.8 Å². The van der Waals surface area contributed by atoms with E-state index in [1.165, 1.54) is 0 Å². The van der Waals surface area contributed by atoms with Crippen molar-refractivity contribution in [2.45, 2.75) is 18.4 Å². The van der Waals surface area contributed by atoms with Gasteiger partial charge in [-0.3, -0.25) is 10.1 Å². The van der Waals surface area contributed by atoms with Gasteiger partial charge in [0.25, 0.3) is 0 Å². The largest absolute Gasteiger partial charge is 0.495 e. The Kier molecular flexibility index (Phi) is 6.18. The summed E-state index contributed by atoms with van der Waals surface area (Å²) in [5, 5.41) is 14.5. The maximum absolute atomic E-state index is 12.8. The summed E-state index contributed by atoms with van der Waals surface area (Å²) in [5.74, 6) is 0.659. The quantitative estimate of drug-likeness (QED) is 0.397. The van der Waals surface area contributed by atoms with E-state index >= 15 is 0 Å². The first kappa shape index (κ1) is 22.0. The van der Waals surface area contributed by atoms with Gasteiger partial charge in [-0.05, 0) is 48.9 Å². The number of piperidine rings is 1. The third-order valence-corrected chi connectivity index (χ3v) is 6.30. The first-order valence-electron chi connectivity index (χ1n) is 11.0. The molecule has 0 unspecified atom stereocenters. The molecule has 34 heavy (non-hydrogen) atoms. The molecule has 10 heteroatoms. The number of aromatic amines is 1. The van der Waals surface area contributed by atoms with Gasteiger partial charge in [-0.2, -0.15) is 5.10 Å². The summed E-state index contributed by atoms with van der Waals surface area (Å²) in [4.78, 5) is 24.2. The van der Waals surface area contributed by atoms with E-state index in [-0.39, 0.29) is 18.0 Å². The second-order valence-electron chi connectivity index (χ2n) is 8.18. The van der Waals surface area contributed by atoms with Crippen LogP contribution >= 0.6 is 11.6 Å². The minimum absolute atomic E-state index is 0.0318. The average Bonchev–Trinajstić information content (AvgIpc) is 3.34. The van der Waals surface area contributed by atoms with E-state index < -0.39 is 0 Å². The standard InChI is InChI=1S/C24H24ClN7O2/c1-34-19-6-7-21(26-13-19)20-14-32(18-10-15-11-28-31-23(15)27-12-18)9-8-22(20)30-24(33)29-17-4-2-16(25)3-5-17/h2-7,10-13,20,22H,8-9,14H2,1H3,(H,27,28,31)(H2,29,30,33)/t20-,22+/m0/s1. The number of nitrogens with zero attached hydrogens (tertiary/aromatic N) is 4. The zero-order valence-corrected chi connectivity index (χ0v) is 19.3. The Morgan fingerprint density at radius 1 is 1.15 bits per heavy atom. The van der Waals surface area contributed by atoms with Crippen molar-refractivity contribution in [2.75, 3.05) is 30.4 Å². The van der Waals surface area contributed by atoms with Crippen molar-refractivity contribution in [3.05, 3.63) is 71.8 Å². The first-order chi connectivity index (χ1) is 16.6. The number of nitrogens with one attached hydrogen (secondary N) is 3. The lowest BCUT2D eigenvalue weighted by molar-refractivity contribution is 0.243. The minimum atomic E-state index is -0.263. The van der Waals surface area contributed by atoms with Gasteiger partial charge in [0.1, 0.15) is 5.75 Å². The maximum atomic E-state index is 12.8. The Morgan fingerprint density at radius 3 is 2.76 bits per heavy atom. The van der Waals surface area contributed by atoms with Gasteiger partial charge in [-0.15, -0.1) is 0 Å². The van der Waals surface area contributed by atoms with Crippen LogP contribution in [-0.4, -0.2) is 52.4 Å². The summed E-state index contributed by atoms with van der Waals surface area (Å²) in [5.41, 5.74) is 3.33. The number of hydrogen-bond acceptors (Lipinski definition) is 6. The fraction of sp³-hybridized carbons (Fsp3) is 0.250. The first-order valence-corrected chi connectivity index (χ1v) is 11.3.